The van der Waals surface area contributed by atoms with E-state index in [1.54, 1.807) is 0 Å². The van der Waals surface area contributed by atoms with E-state index in [9.17, 15) is 18.0 Å². The van der Waals surface area contributed by atoms with Crippen LogP contribution in [0.2, 0.25) is 0 Å². The summed E-state index contributed by atoms with van der Waals surface area (Å²) >= 11 is 0. The summed E-state index contributed by atoms with van der Waals surface area (Å²) in [6.45, 7) is -0.0521. The second-order valence-electron chi connectivity index (χ2n) is 3.14. The molecule has 1 rings (SSSR count). The molecule has 3 nitrogen and oxygen atoms in total. The maximum atomic E-state index is 11.8. The van der Waals surface area contributed by atoms with Crippen molar-refractivity contribution in [3.05, 3.63) is 24.0 Å². The third kappa shape index (κ3) is 4.77. The molecule has 0 aliphatic carbocycles. The SMILES string of the molecule is O=Cc1cncc(OCCCC(F)(F)F)c1. The monoisotopic (exact) mass is 233 g/mol. The number of rotatable bonds is 5. The van der Waals surface area contributed by atoms with Gasteiger partial charge in [0.25, 0.3) is 0 Å². The summed E-state index contributed by atoms with van der Waals surface area (Å²) in [4.78, 5) is 14.1. The fraction of sp³-hybridized carbons (Fsp3) is 0.400. The molecule has 0 bridgehead atoms. The van der Waals surface area contributed by atoms with Gasteiger partial charge in [-0.05, 0) is 12.5 Å². The summed E-state index contributed by atoms with van der Waals surface area (Å²) in [5.74, 6) is 0.298. The van der Waals surface area contributed by atoms with E-state index in [0.29, 0.717) is 17.6 Å². The third-order valence-corrected chi connectivity index (χ3v) is 1.74. The Morgan fingerprint density at radius 2 is 2.12 bits per heavy atom. The summed E-state index contributed by atoms with van der Waals surface area (Å²) in [5.41, 5.74) is 0.327. The van der Waals surface area contributed by atoms with E-state index < -0.39 is 12.6 Å². The number of aldehydes is 1. The summed E-state index contributed by atoms with van der Waals surface area (Å²) in [6, 6.07) is 1.42. The lowest BCUT2D eigenvalue weighted by Gasteiger charge is -2.07. The Balaban J connectivity index is 2.34. The fourth-order valence-electron chi connectivity index (χ4n) is 1.04. The van der Waals surface area contributed by atoms with Gasteiger partial charge < -0.3 is 4.74 Å². The maximum Gasteiger partial charge on any atom is 0.389 e. The Labute approximate surface area is 90.2 Å². The molecule has 1 aromatic heterocycles. The quantitative estimate of drug-likeness (QED) is 0.579. The molecule has 0 saturated carbocycles. The molecule has 0 N–H and O–H groups in total. The van der Waals surface area contributed by atoms with Crippen LogP contribution in [-0.4, -0.2) is 24.1 Å². The van der Waals surface area contributed by atoms with Crippen molar-refractivity contribution in [2.24, 2.45) is 0 Å². The zero-order valence-electron chi connectivity index (χ0n) is 8.33. The van der Waals surface area contributed by atoms with Crippen LogP contribution in [0.4, 0.5) is 13.2 Å². The minimum Gasteiger partial charge on any atom is -0.492 e. The number of alkyl halides is 3. The molecule has 0 aliphatic rings. The smallest absolute Gasteiger partial charge is 0.389 e. The average molecular weight is 233 g/mol. The highest BCUT2D eigenvalue weighted by molar-refractivity contribution is 5.74. The van der Waals surface area contributed by atoms with Gasteiger partial charge in [0.15, 0.2) is 6.29 Å². The van der Waals surface area contributed by atoms with Crippen molar-refractivity contribution in [3.8, 4) is 5.75 Å². The first-order valence-electron chi connectivity index (χ1n) is 4.61. The molecule has 0 atom stereocenters. The lowest BCUT2D eigenvalue weighted by molar-refractivity contribution is -0.136. The number of nitrogens with zero attached hydrogens (tertiary/aromatic N) is 1. The molecule has 0 unspecified atom stereocenters. The zero-order valence-corrected chi connectivity index (χ0v) is 8.33. The predicted octanol–water partition coefficient (Wildman–Crippen LogP) is 2.62. The first-order chi connectivity index (χ1) is 7.51. The average Bonchev–Trinajstić information content (AvgIpc) is 2.23. The summed E-state index contributed by atoms with van der Waals surface area (Å²) in [6.07, 6.45) is -1.87. The molecule has 16 heavy (non-hydrogen) atoms. The Kier molecular flexibility index (Phi) is 4.28. The van der Waals surface area contributed by atoms with Gasteiger partial charge in [-0.3, -0.25) is 9.78 Å². The molecule has 0 amide bonds. The molecular formula is C10H10F3NO2. The van der Waals surface area contributed by atoms with Crippen LogP contribution in [0.5, 0.6) is 5.75 Å². The number of carbonyl (C=O) groups is 1. The highest BCUT2D eigenvalue weighted by Crippen LogP contribution is 2.21. The number of ether oxygens (including phenoxy) is 1. The van der Waals surface area contributed by atoms with Crippen molar-refractivity contribution in [2.45, 2.75) is 19.0 Å². The molecule has 0 radical (unpaired) electrons. The van der Waals surface area contributed by atoms with Gasteiger partial charge in [-0.25, -0.2) is 0 Å². The number of halogens is 3. The summed E-state index contributed by atoms with van der Waals surface area (Å²) in [7, 11) is 0. The maximum absolute atomic E-state index is 11.8. The predicted molar refractivity (Wildman–Crippen MR) is 50.4 cm³/mol. The van der Waals surface area contributed by atoms with Crippen molar-refractivity contribution in [1.29, 1.82) is 0 Å². The van der Waals surface area contributed by atoms with E-state index in [0.717, 1.165) is 0 Å². The normalized spacial score (nSPS) is 11.2. The van der Waals surface area contributed by atoms with Crippen LogP contribution in [0.3, 0.4) is 0 Å². The van der Waals surface area contributed by atoms with Crippen LogP contribution in [0.1, 0.15) is 23.2 Å². The van der Waals surface area contributed by atoms with Gasteiger partial charge in [-0.15, -0.1) is 0 Å². The van der Waals surface area contributed by atoms with E-state index in [1.165, 1.54) is 18.5 Å². The van der Waals surface area contributed by atoms with Crippen LogP contribution in [0, 0.1) is 0 Å². The molecule has 1 heterocycles. The zero-order chi connectivity index (χ0) is 12.0. The van der Waals surface area contributed by atoms with Gasteiger partial charge in [0.2, 0.25) is 0 Å². The molecule has 0 fully saturated rings. The summed E-state index contributed by atoms with van der Waals surface area (Å²) < 4.78 is 40.4. The second kappa shape index (κ2) is 5.48. The Bertz CT molecular complexity index is 352. The van der Waals surface area contributed by atoms with Crippen molar-refractivity contribution in [1.82, 2.24) is 4.98 Å². The Morgan fingerprint density at radius 1 is 1.38 bits per heavy atom. The summed E-state index contributed by atoms with van der Waals surface area (Å²) in [5, 5.41) is 0. The minimum absolute atomic E-state index is 0.0521. The lowest BCUT2D eigenvalue weighted by Crippen LogP contribution is -2.09. The number of aromatic nitrogens is 1. The van der Waals surface area contributed by atoms with Gasteiger partial charge in [-0.2, -0.15) is 13.2 Å². The molecule has 0 spiro atoms. The molecular weight excluding hydrogens is 223 g/mol. The molecule has 0 aliphatic heterocycles. The van der Waals surface area contributed by atoms with Crippen molar-refractivity contribution >= 4 is 6.29 Å². The Hall–Kier alpha value is -1.59. The van der Waals surface area contributed by atoms with Crippen molar-refractivity contribution in [2.75, 3.05) is 6.61 Å². The van der Waals surface area contributed by atoms with E-state index >= 15 is 0 Å². The number of hydrogen-bond acceptors (Lipinski definition) is 3. The highest BCUT2D eigenvalue weighted by Gasteiger charge is 2.26. The van der Waals surface area contributed by atoms with E-state index in [2.05, 4.69) is 4.98 Å². The molecule has 0 aromatic carbocycles. The van der Waals surface area contributed by atoms with Gasteiger partial charge in [0.05, 0.1) is 12.8 Å². The van der Waals surface area contributed by atoms with Gasteiger partial charge in [0, 0.05) is 18.2 Å². The largest absolute Gasteiger partial charge is 0.492 e. The van der Waals surface area contributed by atoms with E-state index in [1.807, 2.05) is 0 Å². The van der Waals surface area contributed by atoms with E-state index in [4.69, 9.17) is 4.74 Å². The minimum atomic E-state index is -4.16. The lowest BCUT2D eigenvalue weighted by atomic mass is 10.3. The molecule has 1 aromatic rings. The van der Waals surface area contributed by atoms with Crippen LogP contribution in [0.15, 0.2) is 18.5 Å². The highest BCUT2D eigenvalue weighted by atomic mass is 19.4. The van der Waals surface area contributed by atoms with Gasteiger partial charge >= 0.3 is 6.18 Å². The van der Waals surface area contributed by atoms with Crippen LogP contribution < -0.4 is 4.74 Å². The molecule has 88 valence electrons. The second-order valence-corrected chi connectivity index (χ2v) is 3.14. The van der Waals surface area contributed by atoms with Crippen LogP contribution in [0.25, 0.3) is 0 Å². The third-order valence-electron chi connectivity index (χ3n) is 1.74. The molecule has 0 saturated heterocycles. The van der Waals surface area contributed by atoms with Crippen LogP contribution in [-0.2, 0) is 0 Å². The number of pyridine rings is 1. The first kappa shape index (κ1) is 12.5. The first-order valence-corrected chi connectivity index (χ1v) is 4.61. The molecule has 6 heteroatoms. The number of hydrogen-bond donors (Lipinski definition) is 0. The van der Waals surface area contributed by atoms with Crippen molar-refractivity contribution in [3.63, 3.8) is 0 Å². The Morgan fingerprint density at radius 3 is 2.75 bits per heavy atom. The topological polar surface area (TPSA) is 39.2 Å². The number of carbonyl (C=O) groups excluding carboxylic acids is 1. The standard InChI is InChI=1S/C10H10F3NO2/c11-10(12,13)2-1-3-16-9-4-8(7-15)5-14-6-9/h4-7H,1-3H2. The van der Waals surface area contributed by atoms with Crippen molar-refractivity contribution < 1.29 is 22.7 Å². The van der Waals surface area contributed by atoms with Gasteiger partial charge in [0.1, 0.15) is 5.75 Å². The fourth-order valence-corrected chi connectivity index (χ4v) is 1.04. The van der Waals surface area contributed by atoms with E-state index in [-0.39, 0.29) is 13.0 Å². The van der Waals surface area contributed by atoms with Crippen LogP contribution >= 0.6 is 0 Å². The van der Waals surface area contributed by atoms with Gasteiger partial charge in [-0.1, -0.05) is 0 Å².